The Morgan fingerprint density at radius 3 is 1.54 bits per heavy atom. The second kappa shape index (κ2) is 12.9. The van der Waals surface area contributed by atoms with E-state index in [1.54, 1.807) is 93.1 Å². The Bertz CT molecular complexity index is 1170. The lowest BCUT2D eigenvalue weighted by atomic mass is 10.1. The highest BCUT2D eigenvalue weighted by Gasteiger charge is 2.35. The van der Waals surface area contributed by atoms with Crippen LogP contribution in [0.25, 0.3) is 24.3 Å². The molecule has 0 aliphatic rings. The molecule has 0 spiro atoms. The van der Waals surface area contributed by atoms with Crippen molar-refractivity contribution in [2.75, 3.05) is 27.4 Å². The third-order valence-electron chi connectivity index (χ3n) is 5.40. The number of pyridine rings is 1. The van der Waals surface area contributed by atoms with Crippen LogP contribution >= 0.6 is 0 Å². The van der Waals surface area contributed by atoms with E-state index in [1.165, 1.54) is 4.57 Å². The molecule has 0 bridgehead atoms. The lowest BCUT2D eigenvalue weighted by Crippen LogP contribution is -2.46. The molecule has 1 heterocycles. The summed E-state index contributed by atoms with van der Waals surface area (Å²) in [4.78, 5) is 0. The third-order valence-corrected chi connectivity index (χ3v) is 5.40. The van der Waals surface area contributed by atoms with Gasteiger partial charge in [0.15, 0.2) is 0 Å². The zero-order chi connectivity index (χ0) is 26.8. The number of halogens is 3. The molecule has 2 aromatic carbocycles. The number of aromatic nitrogens is 1. The van der Waals surface area contributed by atoms with E-state index in [2.05, 4.69) is 0 Å². The van der Waals surface area contributed by atoms with Crippen molar-refractivity contribution in [3.8, 4) is 23.0 Å². The molecular weight excluding hydrogens is 483 g/mol. The summed E-state index contributed by atoms with van der Waals surface area (Å²) in [7, 11) is 3.12. The van der Waals surface area contributed by atoms with Gasteiger partial charge in [0.25, 0.3) is 0 Å². The number of hydrogen-bond acceptors (Lipinski definition) is 4. The second-order valence-corrected chi connectivity index (χ2v) is 7.92. The molecule has 0 fully saturated rings. The minimum Gasteiger partial charge on any atom is -0.497 e. The first-order valence-corrected chi connectivity index (χ1v) is 11.8. The normalized spacial score (nSPS) is 11.8. The summed E-state index contributed by atoms with van der Waals surface area (Å²) in [5, 5.41) is 0. The average molecular weight is 515 g/mol. The fraction of sp³-hybridized carbons (Fsp3) is 0.276. The molecule has 8 heteroatoms. The smallest absolute Gasteiger partial charge is 0.448 e. The molecule has 0 aliphatic heterocycles. The van der Waals surface area contributed by atoms with Gasteiger partial charge in [-0.3, -0.25) is 0 Å². The van der Waals surface area contributed by atoms with E-state index in [9.17, 15) is 13.2 Å². The number of alkyl halides is 3. The zero-order valence-corrected chi connectivity index (χ0v) is 21.3. The monoisotopic (exact) mass is 514 g/mol. The maximum atomic E-state index is 13.6. The van der Waals surface area contributed by atoms with Crippen LogP contribution in [-0.2, 0) is 6.54 Å². The Hall–Kier alpha value is -3.94. The second-order valence-electron chi connectivity index (χ2n) is 7.92. The molecule has 196 valence electrons. The highest BCUT2D eigenvalue weighted by atomic mass is 19.4. The number of ether oxygens (including phenoxy) is 4. The molecule has 5 nitrogen and oxygen atoms in total. The SMILES string of the molecule is CCOc1cc(OC)ccc1/C=C/c1cccc(/C=C/c2ccc(OC)cc2OCC)[n+]1CC(F)(F)F. The van der Waals surface area contributed by atoms with Gasteiger partial charge in [-0.05, 0) is 56.3 Å². The molecule has 3 aromatic rings. The van der Waals surface area contributed by atoms with Gasteiger partial charge in [0.2, 0.25) is 17.9 Å². The van der Waals surface area contributed by atoms with Gasteiger partial charge in [0.1, 0.15) is 23.0 Å². The molecule has 0 N–H and O–H groups in total. The quantitative estimate of drug-likeness (QED) is 0.267. The average Bonchev–Trinajstić information content (AvgIpc) is 2.87. The minimum absolute atomic E-state index is 0.387. The largest absolute Gasteiger partial charge is 0.497 e. The molecule has 0 amide bonds. The van der Waals surface area contributed by atoms with E-state index in [4.69, 9.17) is 18.9 Å². The van der Waals surface area contributed by atoms with Crippen molar-refractivity contribution in [3.05, 3.63) is 77.1 Å². The first kappa shape index (κ1) is 27.6. The van der Waals surface area contributed by atoms with Crippen molar-refractivity contribution < 1.29 is 36.7 Å². The van der Waals surface area contributed by atoms with E-state index >= 15 is 0 Å². The van der Waals surface area contributed by atoms with Gasteiger partial charge in [0.05, 0.1) is 27.4 Å². The lowest BCUT2D eigenvalue weighted by molar-refractivity contribution is -0.722. The molecule has 0 saturated carbocycles. The standard InChI is InChI=1S/C29H31F3NO4/c1-5-36-27-18-25(34-3)16-12-21(27)10-14-23-8-7-9-24(33(23)20-29(30,31)32)15-11-22-13-17-26(35-4)19-28(22)37-6-2/h7-19H,5-6,20H2,1-4H3/q+1/b14-10+,15-11+. The third kappa shape index (κ3) is 7.77. The van der Waals surface area contributed by atoms with Crippen LogP contribution in [0.3, 0.4) is 0 Å². The molecule has 0 aliphatic carbocycles. The van der Waals surface area contributed by atoms with Crippen molar-refractivity contribution >= 4 is 24.3 Å². The van der Waals surface area contributed by atoms with Gasteiger partial charge in [0, 0.05) is 47.5 Å². The fourth-order valence-electron chi connectivity index (χ4n) is 3.70. The Morgan fingerprint density at radius 1 is 0.703 bits per heavy atom. The Labute approximate surface area is 215 Å². The molecule has 0 radical (unpaired) electrons. The van der Waals surface area contributed by atoms with Crippen LogP contribution in [0.1, 0.15) is 36.4 Å². The first-order chi connectivity index (χ1) is 17.8. The number of rotatable bonds is 11. The lowest BCUT2D eigenvalue weighted by Gasteiger charge is -2.10. The van der Waals surface area contributed by atoms with Gasteiger partial charge in [-0.1, -0.05) is 0 Å². The predicted octanol–water partition coefficient (Wildman–Crippen LogP) is 6.69. The fourth-order valence-corrected chi connectivity index (χ4v) is 3.70. The summed E-state index contributed by atoms with van der Waals surface area (Å²) in [6, 6.07) is 15.7. The van der Waals surface area contributed by atoms with E-state index in [-0.39, 0.29) is 0 Å². The van der Waals surface area contributed by atoms with Gasteiger partial charge < -0.3 is 18.9 Å². The van der Waals surface area contributed by atoms with Crippen molar-refractivity contribution in [2.45, 2.75) is 26.6 Å². The molecule has 37 heavy (non-hydrogen) atoms. The van der Waals surface area contributed by atoms with Crippen molar-refractivity contribution in [3.63, 3.8) is 0 Å². The molecule has 3 rings (SSSR count). The van der Waals surface area contributed by atoms with Crippen LogP contribution in [-0.4, -0.2) is 33.6 Å². The van der Waals surface area contributed by atoms with Crippen LogP contribution in [0.4, 0.5) is 13.2 Å². The van der Waals surface area contributed by atoms with Gasteiger partial charge in [-0.25, -0.2) is 0 Å². The molecule has 1 aromatic heterocycles. The first-order valence-electron chi connectivity index (χ1n) is 11.8. The Morgan fingerprint density at radius 2 is 1.16 bits per heavy atom. The maximum absolute atomic E-state index is 13.6. The number of hydrogen-bond donors (Lipinski definition) is 0. The van der Waals surface area contributed by atoms with Crippen molar-refractivity contribution in [1.29, 1.82) is 0 Å². The summed E-state index contributed by atoms with van der Waals surface area (Å²) >= 11 is 0. The van der Waals surface area contributed by atoms with Gasteiger partial charge in [-0.15, -0.1) is 0 Å². The minimum atomic E-state index is -4.41. The molecule has 0 saturated heterocycles. The molecule has 0 unspecified atom stereocenters. The van der Waals surface area contributed by atoms with E-state index in [1.807, 2.05) is 13.8 Å². The van der Waals surface area contributed by atoms with Crippen molar-refractivity contribution in [1.82, 2.24) is 0 Å². The summed E-state index contributed by atoms with van der Waals surface area (Å²) in [5.41, 5.74) is 2.22. The number of methoxy groups -OCH3 is 2. The zero-order valence-electron chi connectivity index (χ0n) is 21.3. The topological polar surface area (TPSA) is 40.8 Å². The van der Waals surface area contributed by atoms with E-state index in [0.29, 0.717) is 47.6 Å². The maximum Gasteiger partial charge on any atom is 0.448 e. The summed E-state index contributed by atoms with van der Waals surface area (Å²) in [6.07, 6.45) is 2.34. The van der Waals surface area contributed by atoms with Crippen molar-refractivity contribution in [2.24, 2.45) is 0 Å². The predicted molar refractivity (Wildman–Crippen MR) is 139 cm³/mol. The number of benzene rings is 2. The summed E-state index contributed by atoms with van der Waals surface area (Å²) in [6.45, 7) is 3.46. The van der Waals surface area contributed by atoms with E-state index < -0.39 is 12.7 Å². The van der Waals surface area contributed by atoms with Crippen LogP contribution < -0.4 is 23.5 Å². The Balaban J connectivity index is 2.02. The van der Waals surface area contributed by atoms with Gasteiger partial charge in [-0.2, -0.15) is 17.7 Å². The molecular formula is C29H31F3NO4+. The van der Waals surface area contributed by atoms with E-state index in [0.717, 1.165) is 11.1 Å². The van der Waals surface area contributed by atoms with Crippen LogP contribution in [0.2, 0.25) is 0 Å². The van der Waals surface area contributed by atoms with Crippen LogP contribution in [0.5, 0.6) is 23.0 Å². The van der Waals surface area contributed by atoms with Crippen LogP contribution in [0, 0.1) is 0 Å². The van der Waals surface area contributed by atoms with Crippen LogP contribution in [0.15, 0.2) is 54.6 Å². The summed E-state index contributed by atoms with van der Waals surface area (Å²) < 4.78 is 63.9. The highest BCUT2D eigenvalue weighted by Crippen LogP contribution is 2.28. The summed E-state index contributed by atoms with van der Waals surface area (Å²) in [5.74, 6) is 2.42. The molecule has 0 atom stereocenters. The highest BCUT2D eigenvalue weighted by molar-refractivity contribution is 5.73. The number of nitrogens with zero attached hydrogens (tertiary/aromatic N) is 1. The Kier molecular flexibility index (Phi) is 9.60. The van der Waals surface area contributed by atoms with Gasteiger partial charge >= 0.3 is 6.18 Å².